The number of non-ortho nitro benzene ring substituents is 1. The minimum Gasteiger partial charge on any atom is -0.457 e. The molecule has 4 rings (SSSR count). The Balaban J connectivity index is 1.81. The van der Waals surface area contributed by atoms with E-state index in [-0.39, 0.29) is 17.1 Å². The summed E-state index contributed by atoms with van der Waals surface area (Å²) in [6.45, 7) is 3.59. The number of hydrogen-bond acceptors (Lipinski definition) is 7. The number of nitro benzene ring substituents is 1. The molecule has 0 saturated heterocycles. The van der Waals surface area contributed by atoms with Crippen LogP contribution in [0.3, 0.4) is 0 Å². The van der Waals surface area contributed by atoms with Gasteiger partial charge < -0.3 is 10.2 Å². The molecule has 1 aromatic carbocycles. The van der Waals surface area contributed by atoms with E-state index in [1.165, 1.54) is 12.1 Å². The smallest absolute Gasteiger partial charge is 0.269 e. The van der Waals surface area contributed by atoms with E-state index in [9.17, 15) is 20.6 Å². The van der Waals surface area contributed by atoms with Crippen LogP contribution in [0.5, 0.6) is 0 Å². The maximum Gasteiger partial charge on any atom is 0.269 e. The van der Waals surface area contributed by atoms with Crippen LogP contribution in [0.2, 0.25) is 0 Å². The molecule has 0 amide bonds. The highest BCUT2D eigenvalue weighted by Gasteiger charge is 2.29. The number of hydrogen-bond donors (Lipinski definition) is 1. The summed E-state index contributed by atoms with van der Waals surface area (Å²) in [6, 6.07) is 13.9. The molecule has 0 atom stereocenters. The van der Waals surface area contributed by atoms with Crippen molar-refractivity contribution in [3.05, 3.63) is 80.2 Å². The van der Waals surface area contributed by atoms with Crippen molar-refractivity contribution < 1.29 is 9.34 Å². The van der Waals surface area contributed by atoms with Gasteiger partial charge >= 0.3 is 0 Å². The van der Waals surface area contributed by atoms with Gasteiger partial charge in [0.2, 0.25) is 0 Å². The first-order valence-electron chi connectivity index (χ1n) is 9.24. The number of fused-ring (bicyclic) bond motifs is 1. The molecule has 2 aromatic heterocycles. The predicted octanol–water partition coefficient (Wildman–Crippen LogP) is 4.86. The number of anilines is 1. The predicted molar refractivity (Wildman–Crippen MR) is 115 cm³/mol. The summed E-state index contributed by atoms with van der Waals surface area (Å²) in [5.41, 5.74) is 10.6. The number of pyridine rings is 1. The molecule has 0 unspecified atom stereocenters. The van der Waals surface area contributed by atoms with Crippen LogP contribution in [-0.4, -0.2) is 9.91 Å². The highest BCUT2D eigenvalue weighted by atomic mass is 16.6. The Morgan fingerprint density at radius 1 is 1.13 bits per heavy atom. The third kappa shape index (κ3) is 3.13. The molecule has 0 aliphatic heterocycles. The standard InChI is InChI=1S/C23H15N5O3/c1-12-17(21-13(2)19(11-25)23(26)27-22(21)18(12)10-24)9-16-7-8-20(31-16)14-3-5-15(6-4-14)28(29)30/h3-9H,1-2H3,(H2,26,27). The van der Waals surface area contributed by atoms with Crippen LogP contribution in [0.4, 0.5) is 11.5 Å². The van der Waals surface area contributed by atoms with Crippen LogP contribution in [0.15, 0.2) is 46.4 Å². The Morgan fingerprint density at radius 2 is 1.84 bits per heavy atom. The largest absolute Gasteiger partial charge is 0.457 e. The van der Waals surface area contributed by atoms with Crippen molar-refractivity contribution in [1.82, 2.24) is 4.98 Å². The molecule has 8 heteroatoms. The number of nitrogen functional groups attached to an aromatic ring is 1. The summed E-state index contributed by atoms with van der Waals surface area (Å²) in [5.74, 6) is 1.17. The molecule has 0 fully saturated rings. The van der Waals surface area contributed by atoms with Crippen molar-refractivity contribution in [3.63, 3.8) is 0 Å². The van der Waals surface area contributed by atoms with Crippen LogP contribution in [0.25, 0.3) is 28.5 Å². The van der Waals surface area contributed by atoms with E-state index in [1.807, 2.05) is 6.92 Å². The van der Waals surface area contributed by atoms with E-state index >= 15 is 0 Å². The van der Waals surface area contributed by atoms with Gasteiger partial charge in [-0.25, -0.2) is 4.98 Å². The van der Waals surface area contributed by atoms with Gasteiger partial charge in [-0.05, 0) is 60.9 Å². The van der Waals surface area contributed by atoms with E-state index in [0.717, 1.165) is 11.1 Å². The summed E-state index contributed by atoms with van der Waals surface area (Å²) in [6.07, 6.45) is 1.79. The van der Waals surface area contributed by atoms with Gasteiger partial charge in [-0.15, -0.1) is 0 Å². The molecule has 150 valence electrons. The second-order valence-corrected chi connectivity index (χ2v) is 7.01. The zero-order chi connectivity index (χ0) is 22.3. The van der Waals surface area contributed by atoms with Crippen molar-refractivity contribution in [2.75, 3.05) is 5.73 Å². The van der Waals surface area contributed by atoms with Gasteiger partial charge in [0.05, 0.1) is 21.8 Å². The lowest BCUT2D eigenvalue weighted by Gasteiger charge is -2.10. The summed E-state index contributed by atoms with van der Waals surface area (Å²) >= 11 is 0. The Labute approximate surface area is 177 Å². The van der Waals surface area contributed by atoms with Crippen LogP contribution < -0.4 is 5.73 Å². The maximum atomic E-state index is 10.8. The van der Waals surface area contributed by atoms with Crippen molar-refractivity contribution in [2.24, 2.45) is 0 Å². The van der Waals surface area contributed by atoms with Crippen molar-refractivity contribution in [2.45, 2.75) is 13.8 Å². The summed E-state index contributed by atoms with van der Waals surface area (Å²) in [4.78, 5) is 14.7. The molecule has 1 aliphatic rings. The summed E-state index contributed by atoms with van der Waals surface area (Å²) in [7, 11) is 0. The normalized spacial score (nSPS) is 13.7. The molecular formula is C23H15N5O3. The van der Waals surface area contributed by atoms with Crippen LogP contribution in [-0.2, 0) is 0 Å². The quantitative estimate of drug-likeness (QED) is 0.480. The molecule has 8 nitrogen and oxygen atoms in total. The number of aromatic nitrogens is 1. The lowest BCUT2D eigenvalue weighted by molar-refractivity contribution is -0.384. The van der Waals surface area contributed by atoms with Crippen LogP contribution in [0, 0.1) is 39.7 Å². The number of allylic oxidation sites excluding steroid dienone is 3. The fraction of sp³-hybridized carbons (Fsp3) is 0.0870. The maximum absolute atomic E-state index is 10.8. The summed E-state index contributed by atoms with van der Waals surface area (Å²) in [5, 5.41) is 29.9. The molecule has 31 heavy (non-hydrogen) atoms. The molecule has 0 spiro atoms. The number of benzene rings is 1. The lowest BCUT2D eigenvalue weighted by atomic mass is 9.96. The Bertz CT molecular complexity index is 1400. The van der Waals surface area contributed by atoms with E-state index < -0.39 is 4.92 Å². The fourth-order valence-electron chi connectivity index (χ4n) is 3.67. The monoisotopic (exact) mass is 409 g/mol. The molecule has 0 bridgehead atoms. The van der Waals surface area contributed by atoms with E-state index in [1.54, 1.807) is 37.3 Å². The van der Waals surface area contributed by atoms with Gasteiger partial charge in [0, 0.05) is 23.3 Å². The minimum atomic E-state index is -0.459. The molecule has 0 saturated carbocycles. The van der Waals surface area contributed by atoms with Crippen LogP contribution in [0.1, 0.15) is 35.1 Å². The van der Waals surface area contributed by atoms with Crippen molar-refractivity contribution in [1.29, 1.82) is 10.5 Å². The number of nitrogens with zero attached hydrogens (tertiary/aromatic N) is 4. The number of rotatable bonds is 3. The highest BCUT2D eigenvalue weighted by Crippen LogP contribution is 2.44. The van der Waals surface area contributed by atoms with Crippen LogP contribution >= 0.6 is 0 Å². The third-order valence-corrected chi connectivity index (χ3v) is 5.26. The third-order valence-electron chi connectivity index (χ3n) is 5.26. The SMILES string of the molecule is CC1=C(C#N)c2nc(N)c(C#N)c(C)c2C1=Cc1ccc(-c2ccc([N+](=O)[O-])cc2)o1. The molecule has 1 aliphatic carbocycles. The molecule has 2 N–H and O–H groups in total. The van der Waals surface area contributed by atoms with Gasteiger partial charge in [-0.3, -0.25) is 10.1 Å². The van der Waals surface area contributed by atoms with Crippen molar-refractivity contribution in [3.8, 4) is 23.5 Å². The van der Waals surface area contributed by atoms with E-state index in [0.29, 0.717) is 39.5 Å². The molecule has 2 heterocycles. The second kappa shape index (κ2) is 7.29. The second-order valence-electron chi connectivity index (χ2n) is 7.01. The first-order valence-corrected chi connectivity index (χ1v) is 9.24. The average Bonchev–Trinajstić information content (AvgIpc) is 3.31. The Morgan fingerprint density at radius 3 is 2.45 bits per heavy atom. The first kappa shape index (κ1) is 19.6. The van der Waals surface area contributed by atoms with Gasteiger partial charge in [-0.2, -0.15) is 10.5 Å². The average molecular weight is 409 g/mol. The minimum absolute atomic E-state index is 0.000510. The summed E-state index contributed by atoms with van der Waals surface area (Å²) < 4.78 is 5.92. The molecular weight excluding hydrogens is 394 g/mol. The van der Waals surface area contributed by atoms with Crippen molar-refractivity contribution >= 4 is 28.7 Å². The number of nitrogens with two attached hydrogens (primary N) is 1. The Kier molecular flexibility index (Phi) is 4.61. The highest BCUT2D eigenvalue weighted by molar-refractivity contribution is 6.08. The van der Waals surface area contributed by atoms with Gasteiger partial charge in [0.25, 0.3) is 5.69 Å². The first-order chi connectivity index (χ1) is 14.8. The van der Waals surface area contributed by atoms with Gasteiger partial charge in [-0.1, -0.05) is 0 Å². The number of nitro groups is 1. The topological polar surface area (TPSA) is 143 Å². The lowest BCUT2D eigenvalue weighted by Crippen LogP contribution is -2.03. The number of nitriles is 2. The fourth-order valence-corrected chi connectivity index (χ4v) is 3.67. The van der Waals surface area contributed by atoms with E-state index in [4.69, 9.17) is 10.2 Å². The zero-order valence-electron chi connectivity index (χ0n) is 16.6. The Hall–Kier alpha value is -4.69. The van der Waals surface area contributed by atoms with Gasteiger partial charge in [0.15, 0.2) is 0 Å². The zero-order valence-corrected chi connectivity index (χ0v) is 16.6. The van der Waals surface area contributed by atoms with E-state index in [2.05, 4.69) is 17.1 Å². The number of furan rings is 1. The molecule has 3 aromatic rings. The van der Waals surface area contributed by atoms with Gasteiger partial charge in [0.1, 0.15) is 29.5 Å². The molecule has 0 radical (unpaired) electrons.